The summed E-state index contributed by atoms with van der Waals surface area (Å²) in [4.78, 5) is 77.4. The number of nitriles is 4. The van der Waals surface area contributed by atoms with Crippen molar-refractivity contribution in [1.29, 1.82) is 21.0 Å². The maximum Gasteiger partial charge on any atom is 0.410 e. The van der Waals surface area contributed by atoms with Crippen molar-refractivity contribution in [3.63, 3.8) is 0 Å². The number of piperidine rings is 4. The van der Waals surface area contributed by atoms with Crippen molar-refractivity contribution in [3.8, 4) is 70.1 Å². The molecule has 0 unspecified atom stereocenters. The van der Waals surface area contributed by atoms with E-state index in [-0.39, 0.29) is 79.5 Å². The second-order valence-electron chi connectivity index (χ2n) is 29.4. The standard InChI is InChI=1S/C24H23N5O2.C19H26N2O3.C14H18N2O.C11H18N2O2.C10H7N3O2.C8H9BrO.6CH4/c1-31-19-6-4-18(5-7-19)15-24(16-25)9-13-29(14-10-24)23(30)20-3-2-11-27-22(20)21-8-12-26-17-28-21;1-18(2,3)24-17(22)21-11-9-19(14-20,10-12-21)13-15-5-7-16(23-4)8-6-15;1-17-13-4-2-12(3-5-13)10-14(11-15)6-8-16-9-7-14;1-11(2,3)15-10(14)13-6-4-9(8-12)5-7-13;14-10(15)7-2-1-4-12-9(7)8-3-5-11-6-13-8;1-10-8-4-2-7(6-9)3-5-8;;;;;;/h2-8,11-12,17H,9-10,13-15H2,1H3;5-8H,9-13H2,1-4H3;2-5,16H,6-10H2,1H3;9H,4-7H2,1-3H3;1-6H,(H,14,15);2-5H,6H2,1H3;6*1H4. The molecule has 3 amide bonds. The van der Waals surface area contributed by atoms with Gasteiger partial charge in [0.25, 0.3) is 5.91 Å². The summed E-state index contributed by atoms with van der Waals surface area (Å²) in [6.07, 6.45) is 16.8. The zero-order valence-electron chi connectivity index (χ0n) is 65.6. The van der Waals surface area contributed by atoms with Crippen LogP contribution >= 0.6 is 15.9 Å². The number of aromatic nitrogens is 6. The van der Waals surface area contributed by atoms with Crippen LogP contribution < -0.4 is 24.3 Å². The topological polar surface area (TPSA) is 338 Å². The van der Waals surface area contributed by atoms with Gasteiger partial charge >= 0.3 is 18.2 Å². The van der Waals surface area contributed by atoms with E-state index in [9.17, 15) is 35.0 Å². The van der Waals surface area contributed by atoms with Crippen LogP contribution in [0, 0.1) is 67.5 Å². The smallest absolute Gasteiger partial charge is 0.410 e. The summed E-state index contributed by atoms with van der Waals surface area (Å²) < 4.78 is 31.2. The molecule has 4 aromatic carbocycles. The number of carbonyl (C=O) groups is 4. The lowest BCUT2D eigenvalue weighted by molar-refractivity contribution is 0.0146. The maximum absolute atomic E-state index is 13.3. The average Bonchev–Trinajstić information content (AvgIpc) is 0.807. The quantitative estimate of drug-likeness (QED) is 0.0900. The zero-order chi connectivity index (χ0) is 81.2. The van der Waals surface area contributed by atoms with Gasteiger partial charge in [0.15, 0.2) is 0 Å². The summed E-state index contributed by atoms with van der Waals surface area (Å²) >= 11 is 3.36. The van der Waals surface area contributed by atoms with Crippen LogP contribution in [0.2, 0.25) is 0 Å². The Hall–Kier alpha value is -11.6. The number of nitrogens with zero attached hydrogens (tertiary/aromatic N) is 13. The van der Waals surface area contributed by atoms with E-state index in [0.717, 1.165) is 84.6 Å². The van der Waals surface area contributed by atoms with Gasteiger partial charge in [-0.05, 0) is 232 Å². The number of pyridine rings is 2. The Labute approximate surface area is 710 Å². The predicted molar refractivity (Wildman–Crippen MR) is 468 cm³/mol. The number of aromatic carboxylic acids is 1. The summed E-state index contributed by atoms with van der Waals surface area (Å²) in [6.45, 7) is 16.5. The van der Waals surface area contributed by atoms with Crippen molar-refractivity contribution in [3.05, 3.63) is 204 Å². The molecule has 4 aliphatic rings. The first kappa shape index (κ1) is 104. The molecule has 0 saturated carbocycles. The van der Waals surface area contributed by atoms with Gasteiger partial charge in [-0.25, -0.2) is 34.3 Å². The summed E-state index contributed by atoms with van der Waals surface area (Å²) in [5.74, 6) is 2.38. The number of hydrogen-bond donors (Lipinski definition) is 2. The van der Waals surface area contributed by atoms with Crippen LogP contribution in [-0.4, -0.2) is 166 Å². The first-order valence-corrected chi connectivity index (χ1v) is 38.2. The van der Waals surface area contributed by atoms with Gasteiger partial charge in [-0.3, -0.25) is 14.8 Å². The Balaban J connectivity index is 0.000000725. The highest BCUT2D eigenvalue weighted by atomic mass is 79.9. The highest BCUT2D eigenvalue weighted by molar-refractivity contribution is 9.08. The number of amides is 3. The molecule has 636 valence electrons. The Morgan fingerprint density at radius 2 is 0.788 bits per heavy atom. The minimum absolute atomic E-state index is 0. The molecule has 4 fully saturated rings. The van der Waals surface area contributed by atoms with Crippen LogP contribution in [0.1, 0.15) is 180 Å². The Bertz CT molecular complexity index is 4410. The predicted octanol–water partition coefficient (Wildman–Crippen LogP) is 19.2. The summed E-state index contributed by atoms with van der Waals surface area (Å²) in [7, 11) is 6.61. The number of rotatable bonds is 15. The van der Waals surface area contributed by atoms with Crippen molar-refractivity contribution in [1.82, 2.24) is 49.9 Å². The molecule has 25 nitrogen and oxygen atoms in total. The largest absolute Gasteiger partial charge is 0.497 e. The number of ether oxygens (including phenoxy) is 6. The van der Waals surface area contributed by atoms with Gasteiger partial charge in [0.1, 0.15) is 58.2 Å². The number of carbonyl (C=O) groups excluding carboxylic acids is 3. The number of benzene rings is 4. The fourth-order valence-electron chi connectivity index (χ4n) is 12.7. The normalized spacial score (nSPS) is 14.5. The number of methoxy groups -OCH3 is 4. The lowest BCUT2D eigenvalue weighted by Gasteiger charge is -2.38. The number of carboxylic acid groups (broad SMARTS) is 1. The van der Waals surface area contributed by atoms with E-state index in [1.165, 1.54) is 36.0 Å². The van der Waals surface area contributed by atoms with Crippen LogP contribution in [0.5, 0.6) is 23.0 Å². The number of hydrogen-bond acceptors (Lipinski definition) is 21. The molecule has 8 heterocycles. The minimum atomic E-state index is -1.02. The van der Waals surface area contributed by atoms with E-state index < -0.39 is 28.0 Å². The molecule has 0 atom stereocenters. The van der Waals surface area contributed by atoms with Crippen molar-refractivity contribution in [2.75, 3.05) is 80.8 Å². The first-order chi connectivity index (χ1) is 53.8. The van der Waals surface area contributed by atoms with Gasteiger partial charge in [-0.2, -0.15) is 21.0 Å². The summed E-state index contributed by atoms with van der Waals surface area (Å²) in [6, 6.07) is 51.4. The van der Waals surface area contributed by atoms with Crippen LogP contribution in [0.3, 0.4) is 0 Å². The van der Waals surface area contributed by atoms with E-state index in [1.807, 2.05) is 131 Å². The molecule has 26 heteroatoms. The lowest BCUT2D eigenvalue weighted by Crippen LogP contribution is -2.45. The third kappa shape index (κ3) is 32.8. The fraction of sp³-hybridized carbons (Fsp3) is 0.457. The Morgan fingerprint density at radius 1 is 0.458 bits per heavy atom. The molecular weight excluding hydrogens is 1560 g/mol. The molecule has 0 spiro atoms. The van der Waals surface area contributed by atoms with Gasteiger partial charge < -0.3 is 53.5 Å². The third-order valence-electron chi connectivity index (χ3n) is 19.1. The second-order valence-corrected chi connectivity index (χ2v) is 30.0. The number of carboxylic acids is 1. The molecule has 0 aliphatic carbocycles. The first-order valence-electron chi connectivity index (χ1n) is 37.1. The number of nitrogens with one attached hydrogen (secondary N) is 1. The molecule has 4 saturated heterocycles. The molecule has 118 heavy (non-hydrogen) atoms. The van der Waals surface area contributed by atoms with E-state index in [1.54, 1.807) is 87.2 Å². The molecule has 12 rings (SSSR count). The van der Waals surface area contributed by atoms with Crippen molar-refractivity contribution in [2.24, 2.45) is 22.2 Å². The van der Waals surface area contributed by atoms with E-state index in [4.69, 9.17) is 38.8 Å². The molecule has 4 aromatic heterocycles. The van der Waals surface area contributed by atoms with E-state index in [2.05, 4.69) is 87.6 Å². The molecule has 0 bridgehead atoms. The Kier molecular flexibility index (Phi) is 45.6. The monoisotopic (exact) mass is 1680 g/mol. The zero-order valence-corrected chi connectivity index (χ0v) is 67.2. The number of halogens is 1. The summed E-state index contributed by atoms with van der Waals surface area (Å²) in [5.41, 5.74) is 5.34. The van der Waals surface area contributed by atoms with Gasteiger partial charge in [0.05, 0.1) is 91.5 Å². The summed E-state index contributed by atoms with van der Waals surface area (Å²) in [5, 5.41) is 50.9. The lowest BCUT2D eigenvalue weighted by atomic mass is 9.75. The number of alkyl halides is 1. The van der Waals surface area contributed by atoms with E-state index in [0.29, 0.717) is 106 Å². The van der Waals surface area contributed by atoms with Crippen LogP contribution in [0.25, 0.3) is 22.8 Å². The fourth-order valence-corrected chi connectivity index (χ4v) is 13.1. The van der Waals surface area contributed by atoms with Crippen molar-refractivity contribution >= 4 is 40.0 Å². The molecule has 4 aliphatic heterocycles. The minimum Gasteiger partial charge on any atom is -0.497 e. The van der Waals surface area contributed by atoms with Gasteiger partial charge in [0.2, 0.25) is 0 Å². The Morgan fingerprint density at radius 3 is 1.10 bits per heavy atom. The van der Waals surface area contributed by atoms with Crippen LogP contribution in [0.15, 0.2) is 171 Å². The molecule has 0 radical (unpaired) electrons. The van der Waals surface area contributed by atoms with E-state index >= 15 is 0 Å². The van der Waals surface area contributed by atoms with Crippen LogP contribution in [-0.2, 0) is 34.1 Å². The average molecular weight is 1680 g/mol. The second kappa shape index (κ2) is 51.5. The highest BCUT2D eigenvalue weighted by Gasteiger charge is 2.40. The molecular formula is C92H125BrN14O11. The van der Waals surface area contributed by atoms with Gasteiger partial charge in [-0.1, -0.05) is 109 Å². The van der Waals surface area contributed by atoms with Crippen molar-refractivity contribution in [2.45, 2.75) is 173 Å². The maximum atomic E-state index is 13.3. The van der Waals surface area contributed by atoms with Crippen LogP contribution in [0.4, 0.5) is 9.59 Å². The third-order valence-corrected chi connectivity index (χ3v) is 19.8. The number of likely N-dealkylation sites (tertiary alicyclic amines) is 3. The molecule has 8 aromatic rings. The van der Waals surface area contributed by atoms with Crippen molar-refractivity contribution < 1.29 is 52.7 Å². The van der Waals surface area contributed by atoms with Gasteiger partial charge in [-0.15, -0.1) is 0 Å². The van der Waals surface area contributed by atoms with Gasteiger partial charge in [0, 0.05) is 75.3 Å². The SMILES string of the molecule is C.C.C.C.C.C.CC(C)(C)OC(=O)N1CCC(C#N)CC1.COc1ccc(CBr)cc1.COc1ccc(CC2(C#N)CCN(C(=O)OC(C)(C)C)CC2)cc1.COc1ccc(CC2(C#N)CCN(C(=O)c3cccnc3-c3ccncn3)CC2)cc1.COc1ccc(CC2(C#N)CCNCC2)cc1.O=C(O)c1cccnc1-c1ccncn1. The molecule has 2 N–H and O–H groups in total. The highest BCUT2D eigenvalue weighted by Crippen LogP contribution is 2.38.